The van der Waals surface area contributed by atoms with Gasteiger partial charge in [0, 0.05) is 5.56 Å². The van der Waals surface area contributed by atoms with E-state index in [9.17, 15) is 8.78 Å². The summed E-state index contributed by atoms with van der Waals surface area (Å²) in [6, 6.07) is 15.8. The highest BCUT2D eigenvalue weighted by atomic mass is 19.2. The molecule has 4 rings (SSSR count). The van der Waals surface area contributed by atoms with E-state index in [0.717, 1.165) is 56.1 Å². The molecule has 2 nitrogen and oxygen atoms in total. The zero-order valence-electron chi connectivity index (χ0n) is 21.2. The van der Waals surface area contributed by atoms with Gasteiger partial charge < -0.3 is 9.47 Å². The van der Waals surface area contributed by atoms with E-state index in [1.807, 2.05) is 37.3 Å². The number of rotatable bonds is 10. The van der Waals surface area contributed by atoms with Gasteiger partial charge in [0.1, 0.15) is 0 Å². The molecule has 1 aliphatic carbocycles. The summed E-state index contributed by atoms with van der Waals surface area (Å²) in [6.45, 7) is 4.91. The zero-order valence-corrected chi connectivity index (χ0v) is 21.2. The van der Waals surface area contributed by atoms with Crippen LogP contribution >= 0.6 is 0 Å². The van der Waals surface area contributed by atoms with Crippen molar-refractivity contribution in [3.63, 3.8) is 0 Å². The van der Waals surface area contributed by atoms with Crippen LogP contribution in [0.25, 0.3) is 11.1 Å². The molecule has 1 fully saturated rings. The van der Waals surface area contributed by atoms with Crippen LogP contribution in [0.5, 0.6) is 5.75 Å². The quantitative estimate of drug-likeness (QED) is 0.261. The summed E-state index contributed by atoms with van der Waals surface area (Å²) in [4.78, 5) is 0. The Balaban J connectivity index is 1.29. The Bertz CT molecular complexity index is 1140. The van der Waals surface area contributed by atoms with Gasteiger partial charge in [-0.15, -0.1) is 0 Å². The molecule has 5 heteroatoms. The largest absolute Gasteiger partial charge is 0.491 e. The second-order valence-corrected chi connectivity index (χ2v) is 9.80. The van der Waals surface area contributed by atoms with Gasteiger partial charge in [-0.2, -0.15) is 0 Å². The third-order valence-corrected chi connectivity index (χ3v) is 7.08. The second kappa shape index (κ2) is 12.4. The SMILES string of the molecule is CCCCCOc1ccc(COC2CCC(c3ccc(-c4ccc(C)cc4)c(F)c3F)CC2)cc1F. The number of ether oxygens (including phenoxy) is 2. The molecule has 0 atom stereocenters. The van der Waals surface area contributed by atoms with E-state index in [0.29, 0.717) is 24.3 Å². The molecule has 192 valence electrons. The highest BCUT2D eigenvalue weighted by Crippen LogP contribution is 2.38. The number of unbranched alkanes of at least 4 members (excludes halogenated alkanes) is 2. The standard InChI is InChI=1S/C31H35F3O2/c1-3-4-5-18-35-29-17-8-22(19-28(29)32)20-36-25-13-11-24(12-14-25)27-16-15-26(30(33)31(27)34)23-9-6-21(2)7-10-23/h6-10,15-17,19,24-25H,3-5,11-14,18,20H2,1-2H3. The maximum absolute atomic E-state index is 15.0. The molecule has 36 heavy (non-hydrogen) atoms. The average molecular weight is 497 g/mol. The van der Waals surface area contributed by atoms with E-state index >= 15 is 4.39 Å². The molecule has 0 aliphatic heterocycles. The van der Waals surface area contributed by atoms with Crippen molar-refractivity contribution in [1.29, 1.82) is 0 Å². The van der Waals surface area contributed by atoms with E-state index in [4.69, 9.17) is 9.47 Å². The number of hydrogen-bond donors (Lipinski definition) is 0. The monoisotopic (exact) mass is 496 g/mol. The van der Waals surface area contributed by atoms with E-state index in [2.05, 4.69) is 6.92 Å². The van der Waals surface area contributed by atoms with Crippen LogP contribution in [-0.4, -0.2) is 12.7 Å². The van der Waals surface area contributed by atoms with Crippen LogP contribution in [0.15, 0.2) is 54.6 Å². The molecule has 0 bridgehead atoms. The van der Waals surface area contributed by atoms with E-state index < -0.39 is 11.6 Å². The molecule has 3 aromatic carbocycles. The van der Waals surface area contributed by atoms with Crippen molar-refractivity contribution in [2.24, 2.45) is 0 Å². The summed E-state index contributed by atoms with van der Waals surface area (Å²) in [7, 11) is 0. The summed E-state index contributed by atoms with van der Waals surface area (Å²) in [6.07, 6.45) is 6.06. The molecule has 3 aromatic rings. The molecule has 1 saturated carbocycles. The predicted molar refractivity (Wildman–Crippen MR) is 138 cm³/mol. The maximum Gasteiger partial charge on any atom is 0.166 e. The smallest absolute Gasteiger partial charge is 0.166 e. The highest BCUT2D eigenvalue weighted by Gasteiger charge is 2.27. The van der Waals surface area contributed by atoms with Gasteiger partial charge in [0.05, 0.1) is 19.3 Å². The Kier molecular flexibility index (Phi) is 9.08. The summed E-state index contributed by atoms with van der Waals surface area (Å²) < 4.78 is 55.8. The maximum atomic E-state index is 15.0. The van der Waals surface area contributed by atoms with Crippen LogP contribution in [0.3, 0.4) is 0 Å². The van der Waals surface area contributed by atoms with Crippen LogP contribution in [0.2, 0.25) is 0 Å². The summed E-state index contributed by atoms with van der Waals surface area (Å²) >= 11 is 0. The van der Waals surface area contributed by atoms with Crippen molar-refractivity contribution in [2.75, 3.05) is 6.61 Å². The fourth-order valence-corrected chi connectivity index (χ4v) is 4.88. The lowest BCUT2D eigenvalue weighted by molar-refractivity contribution is 0.0130. The van der Waals surface area contributed by atoms with Gasteiger partial charge in [-0.05, 0) is 73.8 Å². The molecule has 0 saturated heterocycles. The number of hydrogen-bond acceptors (Lipinski definition) is 2. The Morgan fingerprint density at radius 3 is 2.28 bits per heavy atom. The minimum atomic E-state index is -0.783. The Hall–Kier alpha value is -2.79. The van der Waals surface area contributed by atoms with Crippen LogP contribution < -0.4 is 4.74 Å². The van der Waals surface area contributed by atoms with Gasteiger partial charge in [0.15, 0.2) is 23.2 Å². The predicted octanol–water partition coefficient (Wildman–Crippen LogP) is 8.89. The lowest BCUT2D eigenvalue weighted by Gasteiger charge is -2.29. The van der Waals surface area contributed by atoms with Gasteiger partial charge in [-0.25, -0.2) is 13.2 Å². The summed E-state index contributed by atoms with van der Waals surface area (Å²) in [5.41, 5.74) is 3.24. The third kappa shape index (κ3) is 6.50. The van der Waals surface area contributed by atoms with Crippen LogP contribution in [0, 0.1) is 24.4 Å². The van der Waals surface area contributed by atoms with Crippen molar-refractivity contribution in [2.45, 2.75) is 77.4 Å². The zero-order chi connectivity index (χ0) is 25.5. The molecule has 0 N–H and O–H groups in total. The fourth-order valence-electron chi connectivity index (χ4n) is 4.88. The number of halogens is 3. The second-order valence-electron chi connectivity index (χ2n) is 9.80. The number of benzene rings is 3. The average Bonchev–Trinajstić information content (AvgIpc) is 2.89. The van der Waals surface area contributed by atoms with Crippen molar-refractivity contribution in [1.82, 2.24) is 0 Å². The first kappa shape index (κ1) is 26.3. The van der Waals surface area contributed by atoms with Crippen molar-refractivity contribution in [3.8, 4) is 16.9 Å². The van der Waals surface area contributed by atoms with Gasteiger partial charge in [0.25, 0.3) is 0 Å². The topological polar surface area (TPSA) is 18.5 Å². The van der Waals surface area contributed by atoms with Crippen LogP contribution in [-0.2, 0) is 11.3 Å². The molecular formula is C31H35F3O2. The first-order valence-corrected chi connectivity index (χ1v) is 13.0. The molecule has 0 spiro atoms. The first-order valence-electron chi connectivity index (χ1n) is 13.0. The van der Waals surface area contributed by atoms with Gasteiger partial charge in [-0.1, -0.05) is 67.8 Å². The van der Waals surface area contributed by atoms with Gasteiger partial charge in [-0.3, -0.25) is 0 Å². The van der Waals surface area contributed by atoms with Crippen molar-refractivity contribution >= 4 is 0 Å². The van der Waals surface area contributed by atoms with Gasteiger partial charge in [0.2, 0.25) is 0 Å². The molecular weight excluding hydrogens is 461 g/mol. The first-order chi connectivity index (χ1) is 17.5. The molecule has 0 heterocycles. The molecule has 0 unspecified atom stereocenters. The Morgan fingerprint density at radius 1 is 0.833 bits per heavy atom. The lowest BCUT2D eigenvalue weighted by Crippen LogP contribution is -2.21. The Morgan fingerprint density at radius 2 is 1.58 bits per heavy atom. The lowest BCUT2D eigenvalue weighted by atomic mass is 9.82. The number of aryl methyl sites for hydroxylation is 1. The van der Waals surface area contributed by atoms with Crippen LogP contribution in [0.1, 0.15) is 74.5 Å². The van der Waals surface area contributed by atoms with E-state index in [-0.39, 0.29) is 29.2 Å². The van der Waals surface area contributed by atoms with Crippen molar-refractivity contribution < 1.29 is 22.6 Å². The molecule has 0 amide bonds. The third-order valence-electron chi connectivity index (χ3n) is 7.08. The highest BCUT2D eigenvalue weighted by molar-refractivity contribution is 5.65. The minimum absolute atomic E-state index is 0.0222. The molecule has 0 radical (unpaired) electrons. The molecule has 1 aliphatic rings. The fraction of sp³-hybridized carbons (Fsp3) is 0.419. The van der Waals surface area contributed by atoms with E-state index in [1.54, 1.807) is 18.2 Å². The summed E-state index contributed by atoms with van der Waals surface area (Å²) in [5.74, 6) is -1.66. The normalized spacial score (nSPS) is 17.8. The van der Waals surface area contributed by atoms with Gasteiger partial charge >= 0.3 is 0 Å². The van der Waals surface area contributed by atoms with Crippen molar-refractivity contribution in [3.05, 3.63) is 88.7 Å². The summed E-state index contributed by atoms with van der Waals surface area (Å²) in [5, 5.41) is 0. The molecule has 0 aromatic heterocycles. The van der Waals surface area contributed by atoms with E-state index in [1.165, 1.54) is 6.07 Å². The minimum Gasteiger partial charge on any atom is -0.491 e. The Labute approximate surface area is 212 Å². The van der Waals surface area contributed by atoms with Crippen LogP contribution in [0.4, 0.5) is 13.2 Å².